The highest BCUT2D eigenvalue weighted by atomic mass is 19.4. The van der Waals surface area contributed by atoms with Gasteiger partial charge in [-0.15, -0.1) is 0 Å². The van der Waals surface area contributed by atoms with Crippen molar-refractivity contribution in [2.75, 3.05) is 0 Å². The highest BCUT2D eigenvalue weighted by Gasteiger charge is 2.35. The Bertz CT molecular complexity index is 894. The minimum atomic E-state index is -4.67. The monoisotopic (exact) mass is 416 g/mol. The van der Waals surface area contributed by atoms with Gasteiger partial charge in [-0.1, -0.05) is 42.5 Å². The summed E-state index contributed by atoms with van der Waals surface area (Å²) in [5, 5.41) is 0. The molecule has 0 amide bonds. The van der Waals surface area contributed by atoms with E-state index in [0.29, 0.717) is 11.5 Å². The van der Waals surface area contributed by atoms with E-state index in [-0.39, 0.29) is 0 Å². The lowest BCUT2D eigenvalue weighted by molar-refractivity contribution is -0.139. The van der Waals surface area contributed by atoms with Crippen molar-refractivity contribution < 1.29 is 17.6 Å². The van der Waals surface area contributed by atoms with Crippen LogP contribution in [-0.4, -0.2) is 0 Å². The predicted octanol–water partition coefficient (Wildman–Crippen LogP) is 8.39. The van der Waals surface area contributed by atoms with Crippen molar-refractivity contribution in [1.82, 2.24) is 0 Å². The maximum Gasteiger partial charge on any atom is 0.419 e. The van der Waals surface area contributed by atoms with Crippen molar-refractivity contribution in [2.45, 2.75) is 57.5 Å². The van der Waals surface area contributed by atoms with Crippen molar-refractivity contribution in [2.24, 2.45) is 17.8 Å². The van der Waals surface area contributed by atoms with Crippen LogP contribution in [0.25, 0.3) is 11.1 Å². The van der Waals surface area contributed by atoms with Crippen molar-refractivity contribution in [1.29, 1.82) is 0 Å². The first-order chi connectivity index (χ1) is 14.3. The lowest BCUT2D eigenvalue weighted by Gasteiger charge is -2.41. The summed E-state index contributed by atoms with van der Waals surface area (Å²) in [5.41, 5.74) is 1.29. The van der Waals surface area contributed by atoms with Gasteiger partial charge < -0.3 is 0 Å². The van der Waals surface area contributed by atoms with Crippen molar-refractivity contribution >= 4 is 0 Å². The van der Waals surface area contributed by atoms with Gasteiger partial charge in [0.05, 0.1) is 5.56 Å². The molecule has 4 atom stereocenters. The zero-order valence-electron chi connectivity index (χ0n) is 17.3. The molecular weight excluding hydrogens is 388 g/mol. The van der Waals surface area contributed by atoms with Crippen LogP contribution in [0.3, 0.4) is 0 Å². The Morgan fingerprint density at radius 1 is 0.833 bits per heavy atom. The maximum atomic E-state index is 13.9. The fourth-order valence-corrected chi connectivity index (χ4v) is 5.55. The van der Waals surface area contributed by atoms with Crippen molar-refractivity contribution in [3.63, 3.8) is 0 Å². The molecule has 4 unspecified atom stereocenters. The predicted molar refractivity (Wildman–Crippen MR) is 113 cm³/mol. The van der Waals surface area contributed by atoms with Crippen LogP contribution in [0.4, 0.5) is 17.6 Å². The quantitative estimate of drug-likeness (QED) is 0.348. The zero-order valence-corrected chi connectivity index (χ0v) is 17.3. The highest BCUT2D eigenvalue weighted by molar-refractivity contribution is 5.64. The second kappa shape index (κ2) is 8.56. The van der Waals surface area contributed by atoms with E-state index in [2.05, 4.69) is 31.2 Å². The Balaban J connectivity index is 1.44. The van der Waals surface area contributed by atoms with Gasteiger partial charge in [0.25, 0.3) is 0 Å². The molecule has 0 aliphatic heterocycles. The summed E-state index contributed by atoms with van der Waals surface area (Å²) in [4.78, 5) is 0. The molecule has 0 nitrogen and oxygen atoms in total. The summed E-state index contributed by atoms with van der Waals surface area (Å²) < 4.78 is 52.2. The third-order valence-electron chi connectivity index (χ3n) is 7.11. The minimum Gasteiger partial charge on any atom is -0.206 e. The Morgan fingerprint density at radius 3 is 2.17 bits per heavy atom. The van der Waals surface area contributed by atoms with Crippen LogP contribution in [0.2, 0.25) is 0 Å². The first-order valence-corrected chi connectivity index (χ1v) is 10.9. The van der Waals surface area contributed by atoms with Gasteiger partial charge in [0.2, 0.25) is 0 Å². The summed E-state index contributed by atoms with van der Waals surface area (Å²) in [6, 6.07) is 11.1. The number of alkyl halides is 3. The first kappa shape index (κ1) is 21.1. The summed E-state index contributed by atoms with van der Waals surface area (Å²) in [5.74, 6) is 1.70. The molecule has 2 aliphatic carbocycles. The smallest absolute Gasteiger partial charge is 0.206 e. The Morgan fingerprint density at radius 2 is 1.50 bits per heavy atom. The van der Waals surface area contributed by atoms with E-state index in [1.165, 1.54) is 50.2 Å². The zero-order chi connectivity index (χ0) is 21.3. The molecule has 2 aromatic carbocycles. The molecule has 0 radical (unpaired) electrons. The van der Waals surface area contributed by atoms with Gasteiger partial charge in [0, 0.05) is 0 Å². The van der Waals surface area contributed by atoms with E-state index in [0.717, 1.165) is 35.4 Å². The van der Waals surface area contributed by atoms with E-state index >= 15 is 0 Å². The SMILES string of the molecule is C/C=C/C1CCC2CC(c3ccc(-c4ccc(C(F)(F)F)c(F)c4)cc3)CCC2C1. The molecule has 2 aliphatic rings. The van der Waals surface area contributed by atoms with Crippen LogP contribution >= 0.6 is 0 Å². The number of fused-ring (bicyclic) bond motifs is 1. The fourth-order valence-electron chi connectivity index (χ4n) is 5.55. The van der Waals surface area contributed by atoms with Gasteiger partial charge in [-0.2, -0.15) is 13.2 Å². The molecule has 0 heterocycles. The topological polar surface area (TPSA) is 0 Å². The Labute approximate surface area is 176 Å². The van der Waals surface area contributed by atoms with Gasteiger partial charge in [0.1, 0.15) is 5.82 Å². The molecule has 0 N–H and O–H groups in total. The lowest BCUT2D eigenvalue weighted by atomic mass is 9.64. The van der Waals surface area contributed by atoms with Crippen molar-refractivity contribution in [3.05, 3.63) is 71.6 Å². The van der Waals surface area contributed by atoms with Gasteiger partial charge in [0.15, 0.2) is 0 Å². The number of benzene rings is 2. The molecule has 0 saturated heterocycles. The highest BCUT2D eigenvalue weighted by Crippen LogP contribution is 2.48. The van der Waals surface area contributed by atoms with Crippen LogP contribution in [0, 0.1) is 23.6 Å². The molecule has 0 bridgehead atoms. The summed E-state index contributed by atoms with van der Waals surface area (Å²) in [6.45, 7) is 2.10. The van der Waals surface area contributed by atoms with Crippen LogP contribution in [0.5, 0.6) is 0 Å². The van der Waals surface area contributed by atoms with Gasteiger partial charge in [-0.3, -0.25) is 0 Å². The molecule has 2 saturated carbocycles. The van der Waals surface area contributed by atoms with Crippen LogP contribution in [0.15, 0.2) is 54.6 Å². The number of hydrogen-bond acceptors (Lipinski definition) is 0. The second-order valence-corrected chi connectivity index (χ2v) is 8.94. The minimum absolute atomic E-state index is 0.470. The van der Waals surface area contributed by atoms with E-state index in [4.69, 9.17) is 0 Å². The number of hydrogen-bond donors (Lipinski definition) is 0. The molecule has 2 aromatic rings. The largest absolute Gasteiger partial charge is 0.419 e. The molecule has 4 heteroatoms. The van der Waals surface area contributed by atoms with Crippen molar-refractivity contribution in [3.8, 4) is 11.1 Å². The molecule has 0 aromatic heterocycles. The van der Waals surface area contributed by atoms with E-state index < -0.39 is 17.6 Å². The Hall–Kier alpha value is -2.10. The second-order valence-electron chi connectivity index (χ2n) is 8.94. The number of allylic oxidation sites excluding steroid dienone is 2. The van der Waals surface area contributed by atoms with Gasteiger partial charge in [-0.05, 0) is 97.9 Å². The first-order valence-electron chi connectivity index (χ1n) is 10.9. The third kappa shape index (κ3) is 4.48. The van der Waals surface area contributed by atoms with Gasteiger partial charge in [-0.25, -0.2) is 4.39 Å². The average molecular weight is 417 g/mol. The van der Waals surface area contributed by atoms with Crippen LogP contribution < -0.4 is 0 Å². The molecule has 4 rings (SSSR count). The Kier molecular flexibility index (Phi) is 6.04. The van der Waals surface area contributed by atoms with Crippen LogP contribution in [0.1, 0.15) is 62.5 Å². The standard InChI is InChI=1S/C26H28F4/c1-2-3-17-4-5-22-15-21(11-10-20(22)14-17)18-6-8-19(9-7-18)23-12-13-24(25(27)16-23)26(28,29)30/h2-3,6-9,12-13,16-17,20-22H,4-5,10-11,14-15H2,1H3/b3-2+. The summed E-state index contributed by atoms with van der Waals surface area (Å²) in [7, 11) is 0. The van der Waals surface area contributed by atoms with E-state index in [1.807, 2.05) is 12.1 Å². The number of rotatable bonds is 3. The lowest BCUT2D eigenvalue weighted by Crippen LogP contribution is -2.30. The van der Waals surface area contributed by atoms with Gasteiger partial charge >= 0.3 is 6.18 Å². The average Bonchev–Trinajstić information content (AvgIpc) is 2.73. The molecule has 2 fully saturated rings. The fraction of sp³-hybridized carbons (Fsp3) is 0.462. The van der Waals surface area contributed by atoms with Crippen LogP contribution in [-0.2, 0) is 6.18 Å². The number of halogens is 4. The summed E-state index contributed by atoms with van der Waals surface area (Å²) >= 11 is 0. The summed E-state index contributed by atoms with van der Waals surface area (Å²) in [6.07, 6.45) is 7.48. The molecule has 0 spiro atoms. The normalized spacial score (nSPS) is 27.2. The molecular formula is C26H28F4. The van der Waals surface area contributed by atoms with E-state index in [1.54, 1.807) is 0 Å². The maximum absolute atomic E-state index is 13.9. The van der Waals surface area contributed by atoms with E-state index in [9.17, 15) is 17.6 Å². The molecule has 160 valence electrons. The third-order valence-corrected chi connectivity index (χ3v) is 7.11. The molecule has 30 heavy (non-hydrogen) atoms.